The van der Waals surface area contributed by atoms with Crippen LogP contribution in [0, 0.1) is 0 Å². The molecular formula is C20H25N5O2. The fourth-order valence-corrected chi connectivity index (χ4v) is 3.12. The molecule has 0 saturated carbocycles. The van der Waals surface area contributed by atoms with Crippen LogP contribution in [0.4, 0.5) is 17.1 Å². The van der Waals surface area contributed by atoms with Crippen molar-refractivity contribution >= 4 is 28.9 Å². The van der Waals surface area contributed by atoms with E-state index in [1.807, 2.05) is 35.2 Å². The van der Waals surface area contributed by atoms with Crippen molar-refractivity contribution in [3.63, 3.8) is 0 Å². The molecule has 1 fully saturated rings. The van der Waals surface area contributed by atoms with Crippen LogP contribution < -0.4 is 10.6 Å². The van der Waals surface area contributed by atoms with Crippen LogP contribution in [0.2, 0.25) is 0 Å². The van der Waals surface area contributed by atoms with Gasteiger partial charge in [0, 0.05) is 50.7 Å². The number of carbonyl (C=O) groups excluding carboxylic acids is 2. The number of amides is 2. The Morgan fingerprint density at radius 2 is 1.78 bits per heavy atom. The van der Waals surface area contributed by atoms with E-state index in [0.29, 0.717) is 11.3 Å². The second kappa shape index (κ2) is 8.64. The molecule has 1 aliphatic rings. The van der Waals surface area contributed by atoms with Crippen LogP contribution in [0.15, 0.2) is 42.7 Å². The number of nitrogens with one attached hydrogen (secondary N) is 2. The first-order chi connectivity index (χ1) is 13.0. The van der Waals surface area contributed by atoms with Gasteiger partial charge in [0.25, 0.3) is 5.91 Å². The van der Waals surface area contributed by atoms with Gasteiger partial charge in [-0.1, -0.05) is 13.0 Å². The Hall–Kier alpha value is -2.93. The van der Waals surface area contributed by atoms with Crippen molar-refractivity contribution in [3.8, 4) is 0 Å². The van der Waals surface area contributed by atoms with E-state index in [9.17, 15) is 9.59 Å². The van der Waals surface area contributed by atoms with E-state index in [2.05, 4.69) is 27.4 Å². The molecule has 7 heteroatoms. The fourth-order valence-electron chi connectivity index (χ4n) is 3.12. The number of hydrogen-bond donors (Lipinski definition) is 2. The predicted molar refractivity (Wildman–Crippen MR) is 106 cm³/mol. The molecule has 1 aromatic carbocycles. The van der Waals surface area contributed by atoms with Crippen molar-refractivity contribution in [1.29, 1.82) is 0 Å². The van der Waals surface area contributed by atoms with E-state index >= 15 is 0 Å². The molecule has 7 nitrogen and oxygen atoms in total. The molecule has 1 aliphatic heterocycles. The van der Waals surface area contributed by atoms with Gasteiger partial charge in [-0.25, -0.2) is 0 Å². The summed E-state index contributed by atoms with van der Waals surface area (Å²) in [6.45, 7) is 7.91. The van der Waals surface area contributed by atoms with Gasteiger partial charge in [-0.15, -0.1) is 0 Å². The highest BCUT2D eigenvalue weighted by molar-refractivity contribution is 5.95. The number of likely N-dealkylation sites (N-methyl/N-ethyl adjacent to an activating group) is 1. The van der Waals surface area contributed by atoms with E-state index in [-0.39, 0.29) is 11.8 Å². The lowest BCUT2D eigenvalue weighted by Crippen LogP contribution is -2.48. The van der Waals surface area contributed by atoms with Crippen LogP contribution >= 0.6 is 0 Å². The van der Waals surface area contributed by atoms with Crippen LogP contribution in [0.3, 0.4) is 0 Å². The second-order valence-corrected chi connectivity index (χ2v) is 6.58. The van der Waals surface area contributed by atoms with Gasteiger partial charge in [-0.3, -0.25) is 14.6 Å². The normalized spacial score (nSPS) is 14.7. The minimum atomic E-state index is -0.121. The first-order valence-corrected chi connectivity index (χ1v) is 9.16. The number of anilines is 3. The average Bonchev–Trinajstić information content (AvgIpc) is 2.67. The number of aromatic nitrogens is 1. The highest BCUT2D eigenvalue weighted by atomic mass is 16.2. The summed E-state index contributed by atoms with van der Waals surface area (Å²) in [4.78, 5) is 32.4. The van der Waals surface area contributed by atoms with Crippen LogP contribution in [0.25, 0.3) is 0 Å². The van der Waals surface area contributed by atoms with Crippen molar-refractivity contribution in [1.82, 2.24) is 14.8 Å². The Morgan fingerprint density at radius 3 is 2.48 bits per heavy atom. The molecule has 0 unspecified atom stereocenters. The fraction of sp³-hybridized carbons (Fsp3) is 0.350. The van der Waals surface area contributed by atoms with Crippen molar-refractivity contribution in [2.24, 2.45) is 0 Å². The smallest absolute Gasteiger partial charge is 0.255 e. The van der Waals surface area contributed by atoms with E-state index in [1.165, 1.54) is 6.92 Å². The van der Waals surface area contributed by atoms with E-state index in [0.717, 1.165) is 44.1 Å². The van der Waals surface area contributed by atoms with Gasteiger partial charge in [0.05, 0.1) is 17.4 Å². The first kappa shape index (κ1) is 18.8. The summed E-state index contributed by atoms with van der Waals surface area (Å²) in [7, 11) is 0. The van der Waals surface area contributed by atoms with Gasteiger partial charge < -0.3 is 20.4 Å². The quantitative estimate of drug-likeness (QED) is 0.849. The number of nitrogens with zero attached hydrogens (tertiary/aromatic N) is 3. The Morgan fingerprint density at radius 1 is 1.04 bits per heavy atom. The monoisotopic (exact) mass is 367 g/mol. The molecule has 0 atom stereocenters. The summed E-state index contributed by atoms with van der Waals surface area (Å²) in [5, 5.41) is 5.99. The molecule has 2 heterocycles. The van der Waals surface area contributed by atoms with Crippen molar-refractivity contribution in [2.45, 2.75) is 13.8 Å². The van der Waals surface area contributed by atoms with Crippen molar-refractivity contribution in [2.75, 3.05) is 43.4 Å². The molecule has 3 rings (SSSR count). The molecule has 0 aliphatic carbocycles. The third-order valence-corrected chi connectivity index (χ3v) is 4.56. The maximum absolute atomic E-state index is 12.8. The number of rotatable bonds is 5. The predicted octanol–water partition coefficient (Wildman–Crippen LogP) is 2.56. The largest absolute Gasteiger partial charge is 0.354 e. The Bertz CT molecular complexity index is 816. The molecular weight excluding hydrogens is 342 g/mol. The summed E-state index contributed by atoms with van der Waals surface area (Å²) in [5.74, 6) is -0.113. The maximum Gasteiger partial charge on any atom is 0.255 e. The summed E-state index contributed by atoms with van der Waals surface area (Å²) >= 11 is 0. The van der Waals surface area contributed by atoms with Crippen LogP contribution in [-0.4, -0.2) is 59.3 Å². The average molecular weight is 367 g/mol. The lowest BCUT2D eigenvalue weighted by molar-refractivity contribution is -0.114. The first-order valence-electron chi connectivity index (χ1n) is 9.16. The number of pyridine rings is 1. The Kier molecular flexibility index (Phi) is 6.03. The maximum atomic E-state index is 12.8. The summed E-state index contributed by atoms with van der Waals surface area (Å²) in [5.41, 5.74) is 2.82. The zero-order chi connectivity index (χ0) is 19.2. The molecule has 0 spiro atoms. The summed E-state index contributed by atoms with van der Waals surface area (Å²) in [6.07, 6.45) is 3.28. The topological polar surface area (TPSA) is 77.6 Å². The molecule has 0 bridgehead atoms. The number of carbonyl (C=O) groups is 2. The lowest BCUT2D eigenvalue weighted by atomic mass is 10.2. The van der Waals surface area contributed by atoms with Crippen molar-refractivity contribution < 1.29 is 9.59 Å². The molecule has 1 saturated heterocycles. The molecule has 1 aromatic heterocycles. The highest BCUT2D eigenvalue weighted by Gasteiger charge is 2.21. The zero-order valence-corrected chi connectivity index (χ0v) is 15.7. The van der Waals surface area contributed by atoms with E-state index in [1.54, 1.807) is 12.4 Å². The highest BCUT2D eigenvalue weighted by Crippen LogP contribution is 2.21. The van der Waals surface area contributed by atoms with Crippen LogP contribution in [-0.2, 0) is 4.79 Å². The lowest BCUT2D eigenvalue weighted by Gasteiger charge is -2.34. The van der Waals surface area contributed by atoms with E-state index < -0.39 is 0 Å². The second-order valence-electron chi connectivity index (χ2n) is 6.58. The van der Waals surface area contributed by atoms with Crippen LogP contribution in [0.5, 0.6) is 0 Å². The molecule has 2 N–H and O–H groups in total. The third kappa shape index (κ3) is 5.04. The van der Waals surface area contributed by atoms with Crippen molar-refractivity contribution in [3.05, 3.63) is 48.3 Å². The summed E-state index contributed by atoms with van der Waals surface area (Å²) in [6, 6.07) is 9.21. The van der Waals surface area contributed by atoms with Gasteiger partial charge in [-0.2, -0.15) is 0 Å². The Balaban J connectivity index is 1.69. The zero-order valence-electron chi connectivity index (χ0n) is 15.7. The SMILES string of the molecule is CCN1CCN(C(=O)c2cncc(Nc3cccc(NC(C)=O)c3)c2)CC1. The summed E-state index contributed by atoms with van der Waals surface area (Å²) < 4.78 is 0. The number of piperazine rings is 1. The minimum absolute atomic E-state index is 0.00824. The number of benzene rings is 1. The molecule has 142 valence electrons. The van der Waals surface area contributed by atoms with Gasteiger partial charge >= 0.3 is 0 Å². The Labute approximate surface area is 159 Å². The van der Waals surface area contributed by atoms with Gasteiger partial charge in [0.2, 0.25) is 5.91 Å². The van der Waals surface area contributed by atoms with Crippen LogP contribution in [0.1, 0.15) is 24.2 Å². The van der Waals surface area contributed by atoms with Gasteiger partial charge in [0.15, 0.2) is 0 Å². The molecule has 27 heavy (non-hydrogen) atoms. The third-order valence-electron chi connectivity index (χ3n) is 4.56. The van der Waals surface area contributed by atoms with Gasteiger partial charge in [-0.05, 0) is 30.8 Å². The molecule has 0 radical (unpaired) electrons. The van der Waals surface area contributed by atoms with E-state index in [4.69, 9.17) is 0 Å². The number of hydrogen-bond acceptors (Lipinski definition) is 5. The van der Waals surface area contributed by atoms with Gasteiger partial charge in [0.1, 0.15) is 0 Å². The molecule has 2 amide bonds. The minimum Gasteiger partial charge on any atom is -0.354 e. The molecule has 2 aromatic rings. The standard InChI is InChI=1S/C20H25N5O2/c1-3-24-7-9-25(10-8-24)20(27)16-11-19(14-21-13-16)23-18-6-4-5-17(12-18)22-15(2)26/h4-6,11-14,23H,3,7-10H2,1-2H3,(H,22,26).